The van der Waals surface area contributed by atoms with Crippen LogP contribution < -0.4 is 11.1 Å². The Morgan fingerprint density at radius 2 is 2.33 bits per heavy atom. The normalized spacial score (nSPS) is 17.5. The molecular weight excluding hydrogens is 216 g/mol. The molecular formula is C9H13ClN4O. The fraction of sp³-hybridized carbons (Fsp3) is 0.556. The molecule has 82 valence electrons. The van der Waals surface area contributed by atoms with E-state index in [1.165, 1.54) is 6.20 Å². The Morgan fingerprint density at radius 3 is 2.93 bits per heavy atom. The van der Waals surface area contributed by atoms with Crippen LogP contribution in [0.5, 0.6) is 0 Å². The van der Waals surface area contributed by atoms with Crippen molar-refractivity contribution in [3.05, 3.63) is 11.5 Å². The minimum Gasteiger partial charge on any atom is -0.396 e. The Morgan fingerprint density at radius 1 is 1.60 bits per heavy atom. The third kappa shape index (κ3) is 2.30. The maximum atomic E-state index is 9.13. The predicted molar refractivity (Wildman–Crippen MR) is 58.7 cm³/mol. The number of halogens is 1. The summed E-state index contributed by atoms with van der Waals surface area (Å²) in [6.45, 7) is 0.861. The number of hydrogen-bond acceptors (Lipinski definition) is 5. The molecule has 1 aromatic heterocycles. The van der Waals surface area contributed by atoms with Gasteiger partial charge in [-0.15, -0.1) is 0 Å². The molecule has 0 bridgehead atoms. The Labute approximate surface area is 92.7 Å². The Bertz CT molecular complexity index is 367. The van der Waals surface area contributed by atoms with Crippen molar-refractivity contribution in [3.63, 3.8) is 0 Å². The van der Waals surface area contributed by atoms with E-state index in [0.29, 0.717) is 18.1 Å². The lowest BCUT2D eigenvalue weighted by Gasteiger charge is -2.14. The number of aliphatic hydroxyl groups excluding tert-OH is 1. The van der Waals surface area contributed by atoms with Crippen molar-refractivity contribution >= 4 is 23.1 Å². The lowest BCUT2D eigenvalue weighted by atomic mass is 10.1. The molecule has 5 nitrogen and oxygen atoms in total. The van der Waals surface area contributed by atoms with Crippen molar-refractivity contribution in [1.82, 2.24) is 9.97 Å². The van der Waals surface area contributed by atoms with Crippen LogP contribution in [0, 0.1) is 5.41 Å². The number of aromatic nitrogens is 2. The number of rotatable bonds is 4. The molecule has 1 aliphatic carbocycles. The largest absolute Gasteiger partial charge is 0.396 e. The molecule has 2 rings (SSSR count). The first-order valence-electron chi connectivity index (χ1n) is 4.78. The van der Waals surface area contributed by atoms with Gasteiger partial charge in [-0.05, 0) is 24.4 Å². The summed E-state index contributed by atoms with van der Waals surface area (Å²) in [5.74, 6) is 0.537. The number of aliphatic hydroxyl groups is 1. The highest BCUT2D eigenvalue weighted by Crippen LogP contribution is 2.45. The highest BCUT2D eigenvalue weighted by atomic mass is 35.5. The van der Waals surface area contributed by atoms with Crippen LogP contribution in [0.1, 0.15) is 12.8 Å². The molecule has 0 aromatic carbocycles. The van der Waals surface area contributed by atoms with E-state index in [-0.39, 0.29) is 17.3 Å². The van der Waals surface area contributed by atoms with Crippen molar-refractivity contribution in [3.8, 4) is 0 Å². The first kappa shape index (κ1) is 10.4. The molecule has 6 heteroatoms. The van der Waals surface area contributed by atoms with Gasteiger partial charge in [0.05, 0.1) is 18.5 Å². The zero-order valence-electron chi connectivity index (χ0n) is 8.20. The molecule has 1 aromatic rings. The van der Waals surface area contributed by atoms with Crippen molar-refractivity contribution in [2.75, 3.05) is 24.2 Å². The quantitative estimate of drug-likeness (QED) is 0.667. The molecule has 0 saturated heterocycles. The summed E-state index contributed by atoms with van der Waals surface area (Å²) in [7, 11) is 0. The van der Waals surface area contributed by atoms with E-state index in [4.69, 9.17) is 22.4 Å². The molecule has 1 aliphatic rings. The highest BCUT2D eigenvalue weighted by Gasteiger charge is 2.41. The first-order chi connectivity index (χ1) is 7.15. The average molecular weight is 229 g/mol. The Hall–Kier alpha value is -1.07. The standard InChI is InChI=1S/C9H13ClN4O/c10-8-12-3-6(11)7(14-8)13-4-9(5-15)1-2-9/h3,15H,1-2,4-5,11H2,(H,12,13,14). The molecule has 1 saturated carbocycles. The van der Waals surface area contributed by atoms with Crippen molar-refractivity contribution < 1.29 is 5.11 Å². The van der Waals surface area contributed by atoms with Crippen molar-refractivity contribution in [2.24, 2.45) is 5.41 Å². The van der Waals surface area contributed by atoms with Gasteiger partial charge in [0, 0.05) is 12.0 Å². The summed E-state index contributed by atoms with van der Waals surface area (Å²) in [5, 5.41) is 12.4. The molecule has 15 heavy (non-hydrogen) atoms. The number of nitrogens with zero attached hydrogens (tertiary/aromatic N) is 2. The van der Waals surface area contributed by atoms with Crippen LogP contribution in [0.2, 0.25) is 5.28 Å². The van der Waals surface area contributed by atoms with E-state index in [1.54, 1.807) is 0 Å². The van der Waals surface area contributed by atoms with Gasteiger partial charge in [-0.25, -0.2) is 4.98 Å². The molecule has 1 fully saturated rings. The fourth-order valence-electron chi connectivity index (χ4n) is 1.35. The van der Waals surface area contributed by atoms with Crippen LogP contribution in [-0.4, -0.2) is 28.2 Å². The lowest BCUT2D eigenvalue weighted by molar-refractivity contribution is 0.219. The molecule has 0 amide bonds. The van der Waals surface area contributed by atoms with E-state index in [0.717, 1.165) is 12.8 Å². The topological polar surface area (TPSA) is 84.1 Å². The number of hydrogen-bond donors (Lipinski definition) is 3. The molecule has 0 radical (unpaired) electrons. The predicted octanol–water partition coefficient (Wildman–Crippen LogP) is 0.897. The van der Waals surface area contributed by atoms with Gasteiger partial charge in [-0.2, -0.15) is 4.98 Å². The van der Waals surface area contributed by atoms with Crippen LogP contribution in [-0.2, 0) is 0 Å². The Balaban J connectivity index is 2.01. The minimum absolute atomic E-state index is 0.0177. The number of anilines is 2. The van der Waals surface area contributed by atoms with Gasteiger partial charge in [0.15, 0.2) is 5.82 Å². The van der Waals surface area contributed by atoms with Crippen LogP contribution in [0.25, 0.3) is 0 Å². The van der Waals surface area contributed by atoms with Crippen LogP contribution in [0.4, 0.5) is 11.5 Å². The Kier molecular flexibility index (Phi) is 2.67. The molecule has 4 N–H and O–H groups in total. The molecule has 0 spiro atoms. The maximum Gasteiger partial charge on any atom is 0.224 e. The van der Waals surface area contributed by atoms with E-state index >= 15 is 0 Å². The van der Waals surface area contributed by atoms with Gasteiger partial charge in [0.1, 0.15) is 0 Å². The molecule has 0 atom stereocenters. The summed E-state index contributed by atoms with van der Waals surface area (Å²) in [6, 6.07) is 0. The zero-order chi connectivity index (χ0) is 10.9. The monoisotopic (exact) mass is 228 g/mol. The van der Waals surface area contributed by atoms with Gasteiger partial charge in [0.2, 0.25) is 5.28 Å². The van der Waals surface area contributed by atoms with Crippen LogP contribution in [0.3, 0.4) is 0 Å². The molecule has 0 unspecified atom stereocenters. The second-order valence-electron chi connectivity index (χ2n) is 3.95. The summed E-state index contributed by atoms with van der Waals surface area (Å²) in [6.07, 6.45) is 3.54. The maximum absolute atomic E-state index is 9.13. The van der Waals surface area contributed by atoms with E-state index in [9.17, 15) is 0 Å². The van der Waals surface area contributed by atoms with Gasteiger partial charge >= 0.3 is 0 Å². The zero-order valence-corrected chi connectivity index (χ0v) is 8.96. The lowest BCUT2D eigenvalue weighted by Crippen LogP contribution is -2.20. The third-order valence-corrected chi connectivity index (χ3v) is 2.89. The van der Waals surface area contributed by atoms with E-state index < -0.39 is 0 Å². The number of nitrogens with two attached hydrogens (primary N) is 1. The molecule has 1 heterocycles. The van der Waals surface area contributed by atoms with Crippen LogP contribution in [0.15, 0.2) is 6.20 Å². The summed E-state index contributed by atoms with van der Waals surface area (Å²) < 4.78 is 0. The minimum atomic E-state index is 0.0177. The van der Waals surface area contributed by atoms with E-state index in [1.807, 2.05) is 0 Å². The third-order valence-electron chi connectivity index (χ3n) is 2.71. The summed E-state index contributed by atoms with van der Waals surface area (Å²) in [5.41, 5.74) is 6.16. The average Bonchev–Trinajstić information content (AvgIpc) is 3.00. The highest BCUT2D eigenvalue weighted by molar-refractivity contribution is 6.28. The first-order valence-corrected chi connectivity index (χ1v) is 5.16. The SMILES string of the molecule is Nc1cnc(Cl)nc1NCC1(CO)CC1. The second kappa shape index (κ2) is 3.83. The smallest absolute Gasteiger partial charge is 0.224 e. The van der Waals surface area contributed by atoms with Crippen molar-refractivity contribution in [2.45, 2.75) is 12.8 Å². The molecule has 0 aliphatic heterocycles. The second-order valence-corrected chi connectivity index (χ2v) is 4.29. The fourth-order valence-corrected chi connectivity index (χ4v) is 1.48. The van der Waals surface area contributed by atoms with E-state index in [2.05, 4.69) is 15.3 Å². The van der Waals surface area contributed by atoms with Gasteiger partial charge in [-0.1, -0.05) is 0 Å². The number of nitrogens with one attached hydrogen (secondary N) is 1. The summed E-state index contributed by atoms with van der Waals surface area (Å²) >= 11 is 5.65. The number of nitrogen functional groups attached to an aromatic ring is 1. The van der Waals surface area contributed by atoms with Gasteiger partial charge in [-0.3, -0.25) is 0 Å². The summed E-state index contributed by atoms with van der Waals surface area (Å²) in [4.78, 5) is 7.73. The van der Waals surface area contributed by atoms with Crippen molar-refractivity contribution in [1.29, 1.82) is 0 Å². The van der Waals surface area contributed by atoms with Gasteiger partial charge < -0.3 is 16.2 Å². The van der Waals surface area contributed by atoms with Gasteiger partial charge in [0.25, 0.3) is 0 Å². The van der Waals surface area contributed by atoms with Crippen LogP contribution >= 0.6 is 11.6 Å².